The van der Waals surface area contributed by atoms with Crippen molar-refractivity contribution in [2.75, 3.05) is 13.3 Å². The van der Waals surface area contributed by atoms with Crippen LogP contribution in [-0.4, -0.2) is 19.3 Å². The van der Waals surface area contributed by atoms with Gasteiger partial charge in [-0.05, 0) is 25.3 Å². The van der Waals surface area contributed by atoms with Crippen molar-refractivity contribution in [3.63, 3.8) is 0 Å². The Morgan fingerprint density at radius 3 is 2.32 bits per heavy atom. The van der Waals surface area contributed by atoms with Gasteiger partial charge in [0.1, 0.15) is 6.61 Å². The van der Waals surface area contributed by atoms with Gasteiger partial charge >= 0.3 is 5.97 Å². The van der Waals surface area contributed by atoms with Gasteiger partial charge in [-0.25, -0.2) is 0 Å². The second-order valence-electron chi connectivity index (χ2n) is 4.46. The van der Waals surface area contributed by atoms with Gasteiger partial charge in [0.25, 0.3) is 0 Å². The molecule has 0 N–H and O–H groups in total. The molecule has 0 amide bonds. The second kappa shape index (κ2) is 13.5. The van der Waals surface area contributed by atoms with Crippen molar-refractivity contribution in [3.05, 3.63) is 35.9 Å². The van der Waals surface area contributed by atoms with E-state index >= 15 is 0 Å². The molecule has 0 aliphatic heterocycles. The summed E-state index contributed by atoms with van der Waals surface area (Å²) in [5.41, 5.74) is 1.05. The van der Waals surface area contributed by atoms with Crippen molar-refractivity contribution in [2.24, 2.45) is 0 Å². The Labute approximate surface area is 119 Å². The van der Waals surface area contributed by atoms with Crippen LogP contribution < -0.4 is 0 Å². The first-order chi connectivity index (χ1) is 9.24. The molecular weight excluding hydrogens is 255 g/mol. The molecule has 0 heterocycles. The molecule has 0 aromatic heterocycles. The molecule has 19 heavy (non-hydrogen) atoms. The van der Waals surface area contributed by atoms with Gasteiger partial charge in [-0.3, -0.25) is 4.79 Å². The maximum atomic E-state index is 11.4. The fourth-order valence-corrected chi connectivity index (χ4v) is 1.51. The minimum Gasteiger partial charge on any atom is -0.461 e. The predicted molar refractivity (Wildman–Crippen MR) is 85.2 cm³/mol. The summed E-state index contributed by atoms with van der Waals surface area (Å²) >= 11 is 0. The van der Waals surface area contributed by atoms with E-state index in [1.54, 1.807) is 0 Å². The average molecular weight is 282 g/mol. The van der Waals surface area contributed by atoms with Crippen LogP contribution in [-0.2, 0) is 16.1 Å². The molecule has 1 rings (SSSR count). The molecule has 1 aromatic carbocycles. The molecule has 0 spiro atoms. The topological polar surface area (TPSA) is 26.3 Å². The Bertz CT molecular complexity index is 312. The van der Waals surface area contributed by atoms with Gasteiger partial charge in [0.2, 0.25) is 0 Å². The number of ether oxygens (including phenoxy) is 1. The first kappa shape index (κ1) is 18.1. The highest BCUT2D eigenvalue weighted by molar-refractivity contribution is 7.35. The zero-order valence-corrected chi connectivity index (χ0v) is 13.4. The third kappa shape index (κ3) is 11.9. The van der Waals surface area contributed by atoms with Crippen LogP contribution in [0.3, 0.4) is 0 Å². The number of rotatable bonds is 7. The second-order valence-corrected chi connectivity index (χ2v) is 5.46. The largest absolute Gasteiger partial charge is 0.461 e. The minimum absolute atomic E-state index is 0.0834. The molecule has 2 nitrogen and oxygen atoms in total. The zero-order chi connectivity index (χ0) is 14.3. The molecule has 0 aliphatic carbocycles. The van der Waals surface area contributed by atoms with E-state index in [-0.39, 0.29) is 5.97 Å². The lowest BCUT2D eigenvalue weighted by Gasteiger charge is -2.04. The van der Waals surface area contributed by atoms with Crippen LogP contribution in [0.5, 0.6) is 0 Å². The fraction of sp³-hybridized carbons (Fsp3) is 0.562. The summed E-state index contributed by atoms with van der Waals surface area (Å²) in [5.74, 6) is -0.0834. The number of benzene rings is 1. The molecular formula is C16H27O2P. The van der Waals surface area contributed by atoms with E-state index in [9.17, 15) is 4.79 Å². The first-order valence-corrected chi connectivity index (χ1v) is 9.02. The van der Waals surface area contributed by atoms with Gasteiger partial charge in [0.05, 0.1) is 0 Å². The van der Waals surface area contributed by atoms with Gasteiger partial charge in [0.15, 0.2) is 0 Å². The van der Waals surface area contributed by atoms with E-state index in [0.717, 1.165) is 27.0 Å². The normalized spacial score (nSPS) is 9.42. The van der Waals surface area contributed by atoms with Crippen LogP contribution in [0, 0.1) is 0 Å². The molecule has 0 aliphatic rings. The molecule has 108 valence electrons. The summed E-state index contributed by atoms with van der Waals surface area (Å²) in [6, 6.07) is 9.78. The number of hydrogen-bond acceptors (Lipinski definition) is 2. The number of hydrogen-bond donors (Lipinski definition) is 0. The smallest absolute Gasteiger partial charge is 0.306 e. The van der Waals surface area contributed by atoms with E-state index in [1.807, 2.05) is 30.3 Å². The summed E-state index contributed by atoms with van der Waals surface area (Å²) in [7, 11) is 1.08. The van der Waals surface area contributed by atoms with E-state index in [0.29, 0.717) is 13.0 Å². The number of esters is 1. The highest BCUT2D eigenvalue weighted by Gasteiger charge is 2.02. The van der Waals surface area contributed by atoms with Gasteiger partial charge < -0.3 is 4.74 Å². The summed E-state index contributed by atoms with van der Waals surface area (Å²) < 4.78 is 5.17. The predicted octanol–water partition coefficient (Wildman–Crippen LogP) is 4.62. The molecule has 0 bridgehead atoms. The van der Waals surface area contributed by atoms with Gasteiger partial charge in [-0.2, -0.15) is 0 Å². The first-order valence-electron chi connectivity index (χ1n) is 7.02. The Hall–Kier alpha value is -0.880. The van der Waals surface area contributed by atoms with Crippen LogP contribution in [0.4, 0.5) is 0 Å². The number of carbonyl (C=O) groups is 1. The fourth-order valence-electron chi connectivity index (χ4n) is 1.51. The molecule has 3 heteroatoms. The Balaban J connectivity index is 0.000000982. The molecule has 0 radical (unpaired) electrons. The highest BCUT2D eigenvalue weighted by Crippen LogP contribution is 2.06. The van der Waals surface area contributed by atoms with E-state index < -0.39 is 0 Å². The highest BCUT2D eigenvalue weighted by atomic mass is 31.1. The van der Waals surface area contributed by atoms with Crippen molar-refractivity contribution in [3.8, 4) is 0 Å². The average Bonchev–Trinajstić information content (AvgIpc) is 2.43. The summed E-state index contributed by atoms with van der Waals surface area (Å²) in [5, 5.41) is 0. The van der Waals surface area contributed by atoms with Crippen LogP contribution in [0.2, 0.25) is 0 Å². The van der Waals surface area contributed by atoms with Gasteiger partial charge in [-0.15, -0.1) is 8.58 Å². The quantitative estimate of drug-likeness (QED) is 0.414. The SMILES string of the molecule is CCCCCCC(=O)OCc1ccccc1.CPC. The van der Waals surface area contributed by atoms with Crippen LogP contribution in [0.1, 0.15) is 44.6 Å². The summed E-state index contributed by atoms with van der Waals surface area (Å²) in [6.07, 6.45) is 5.01. The maximum absolute atomic E-state index is 11.4. The molecule has 0 unspecified atom stereocenters. The Kier molecular flexibility index (Phi) is 12.9. The Morgan fingerprint density at radius 1 is 1.11 bits per heavy atom. The molecule has 0 saturated carbocycles. The lowest BCUT2D eigenvalue weighted by molar-refractivity contribution is -0.145. The Morgan fingerprint density at radius 2 is 1.74 bits per heavy atom. The van der Waals surface area contributed by atoms with E-state index in [4.69, 9.17) is 4.74 Å². The zero-order valence-electron chi connectivity index (χ0n) is 12.4. The third-order valence-corrected chi connectivity index (χ3v) is 2.48. The number of carbonyl (C=O) groups excluding carboxylic acids is 1. The summed E-state index contributed by atoms with van der Waals surface area (Å²) in [4.78, 5) is 11.4. The molecule has 1 aromatic rings. The van der Waals surface area contributed by atoms with Crippen molar-refractivity contribution >= 4 is 14.6 Å². The summed E-state index contributed by atoms with van der Waals surface area (Å²) in [6.45, 7) is 6.86. The van der Waals surface area contributed by atoms with Crippen LogP contribution in [0.25, 0.3) is 0 Å². The maximum Gasteiger partial charge on any atom is 0.306 e. The van der Waals surface area contributed by atoms with Crippen LogP contribution in [0.15, 0.2) is 30.3 Å². The minimum atomic E-state index is -0.0834. The monoisotopic (exact) mass is 282 g/mol. The van der Waals surface area contributed by atoms with Gasteiger partial charge in [0, 0.05) is 6.42 Å². The van der Waals surface area contributed by atoms with Crippen molar-refractivity contribution in [1.29, 1.82) is 0 Å². The van der Waals surface area contributed by atoms with Crippen molar-refractivity contribution in [1.82, 2.24) is 0 Å². The van der Waals surface area contributed by atoms with E-state index in [2.05, 4.69) is 20.3 Å². The van der Waals surface area contributed by atoms with Gasteiger partial charge in [-0.1, -0.05) is 56.5 Å². The lowest BCUT2D eigenvalue weighted by Crippen LogP contribution is -2.04. The van der Waals surface area contributed by atoms with Crippen LogP contribution >= 0.6 is 8.58 Å². The van der Waals surface area contributed by atoms with Crippen molar-refractivity contribution < 1.29 is 9.53 Å². The lowest BCUT2D eigenvalue weighted by atomic mass is 10.1. The molecule has 0 fully saturated rings. The molecule has 0 saturated heterocycles. The third-order valence-electron chi connectivity index (χ3n) is 2.48. The number of unbranched alkanes of at least 4 members (excludes halogenated alkanes) is 3. The standard InChI is InChI=1S/C14H20O2.C2H7P/c1-2-3-4-8-11-14(15)16-12-13-9-6-5-7-10-13;1-3-2/h5-7,9-10H,2-4,8,11-12H2,1H3;3H,1-2H3. The van der Waals surface area contributed by atoms with E-state index in [1.165, 1.54) is 12.8 Å². The van der Waals surface area contributed by atoms with Crippen molar-refractivity contribution in [2.45, 2.75) is 45.6 Å². The molecule has 0 atom stereocenters.